The van der Waals surface area contributed by atoms with Gasteiger partial charge in [-0.05, 0) is 35.4 Å². The minimum atomic E-state index is 0.482. The molecule has 1 aromatic heterocycles. The molecular formula is C17H13ClN2. The molecule has 0 aliphatic carbocycles. The molecule has 3 aromatic rings. The van der Waals surface area contributed by atoms with Gasteiger partial charge >= 0.3 is 0 Å². The number of nitrogens with zero attached hydrogens (tertiary/aromatic N) is 1. The maximum atomic E-state index is 5.87. The van der Waals surface area contributed by atoms with Crippen LogP contribution in [-0.4, -0.2) is 4.98 Å². The fourth-order valence-electron chi connectivity index (χ4n) is 2.00. The summed E-state index contributed by atoms with van der Waals surface area (Å²) in [7, 11) is 0. The molecule has 3 heteroatoms. The zero-order chi connectivity index (χ0) is 13.8. The predicted octanol–water partition coefficient (Wildman–Crippen LogP) is 5.15. The lowest BCUT2D eigenvalue weighted by Crippen LogP contribution is -1.93. The van der Waals surface area contributed by atoms with Crippen LogP contribution in [0.4, 0.5) is 11.5 Å². The lowest BCUT2D eigenvalue weighted by molar-refractivity contribution is 1.31. The Morgan fingerprint density at radius 2 is 1.40 bits per heavy atom. The summed E-state index contributed by atoms with van der Waals surface area (Å²) in [4.78, 5) is 4.20. The molecule has 0 aliphatic heterocycles. The topological polar surface area (TPSA) is 24.9 Å². The Kier molecular flexibility index (Phi) is 3.66. The zero-order valence-corrected chi connectivity index (χ0v) is 11.5. The van der Waals surface area contributed by atoms with Gasteiger partial charge in [0.25, 0.3) is 0 Å². The first-order valence-corrected chi connectivity index (χ1v) is 6.74. The minimum Gasteiger partial charge on any atom is -0.340 e. The maximum Gasteiger partial charge on any atom is 0.132 e. The van der Waals surface area contributed by atoms with Gasteiger partial charge in [-0.15, -0.1) is 0 Å². The van der Waals surface area contributed by atoms with E-state index in [4.69, 9.17) is 11.6 Å². The van der Waals surface area contributed by atoms with E-state index in [1.807, 2.05) is 42.5 Å². The minimum absolute atomic E-state index is 0.482. The maximum absolute atomic E-state index is 5.87. The molecule has 20 heavy (non-hydrogen) atoms. The number of benzene rings is 2. The summed E-state index contributed by atoms with van der Waals surface area (Å²) < 4.78 is 0. The normalized spacial score (nSPS) is 10.2. The summed E-state index contributed by atoms with van der Waals surface area (Å²) in [6.45, 7) is 0. The third-order valence-corrected chi connectivity index (χ3v) is 3.19. The summed E-state index contributed by atoms with van der Waals surface area (Å²) in [5.74, 6) is 0.741. The molecule has 0 spiro atoms. The van der Waals surface area contributed by atoms with Gasteiger partial charge in [0.1, 0.15) is 11.0 Å². The highest BCUT2D eigenvalue weighted by Crippen LogP contribution is 2.22. The van der Waals surface area contributed by atoms with Crippen LogP contribution in [-0.2, 0) is 0 Å². The highest BCUT2D eigenvalue weighted by atomic mass is 35.5. The van der Waals surface area contributed by atoms with Crippen molar-refractivity contribution in [1.29, 1.82) is 0 Å². The van der Waals surface area contributed by atoms with E-state index in [2.05, 4.69) is 34.6 Å². The zero-order valence-electron chi connectivity index (χ0n) is 10.8. The molecule has 0 saturated carbocycles. The fraction of sp³-hybridized carbons (Fsp3) is 0. The Labute approximate surface area is 123 Å². The van der Waals surface area contributed by atoms with Crippen molar-refractivity contribution in [2.75, 3.05) is 5.32 Å². The first-order chi connectivity index (χ1) is 9.81. The standard InChI is InChI=1S/C17H13ClN2/c18-16-7-4-8-17(20-16)19-15-11-9-14(10-12-15)13-5-2-1-3-6-13/h1-12H,(H,19,20). The van der Waals surface area contributed by atoms with Crippen LogP contribution in [0.25, 0.3) is 11.1 Å². The summed E-state index contributed by atoms with van der Waals surface area (Å²) in [6.07, 6.45) is 0. The molecular weight excluding hydrogens is 268 g/mol. The number of anilines is 2. The van der Waals surface area contributed by atoms with E-state index in [0.717, 1.165) is 11.5 Å². The highest BCUT2D eigenvalue weighted by molar-refractivity contribution is 6.29. The number of rotatable bonds is 3. The molecule has 0 bridgehead atoms. The van der Waals surface area contributed by atoms with Crippen LogP contribution in [0.2, 0.25) is 5.15 Å². The smallest absolute Gasteiger partial charge is 0.132 e. The van der Waals surface area contributed by atoms with Crippen LogP contribution < -0.4 is 5.32 Å². The van der Waals surface area contributed by atoms with Crippen molar-refractivity contribution < 1.29 is 0 Å². The van der Waals surface area contributed by atoms with E-state index in [9.17, 15) is 0 Å². The molecule has 0 aliphatic rings. The molecule has 0 unspecified atom stereocenters. The van der Waals surface area contributed by atoms with Gasteiger partial charge < -0.3 is 5.32 Å². The van der Waals surface area contributed by atoms with Gasteiger partial charge in [-0.1, -0.05) is 60.1 Å². The summed E-state index contributed by atoms with van der Waals surface area (Å²) in [5, 5.41) is 3.71. The monoisotopic (exact) mass is 280 g/mol. The van der Waals surface area contributed by atoms with Gasteiger partial charge in [0.05, 0.1) is 0 Å². The molecule has 3 rings (SSSR count). The van der Waals surface area contributed by atoms with Crippen LogP contribution in [0.1, 0.15) is 0 Å². The van der Waals surface area contributed by atoms with E-state index in [0.29, 0.717) is 5.15 Å². The van der Waals surface area contributed by atoms with E-state index < -0.39 is 0 Å². The Morgan fingerprint density at radius 1 is 0.700 bits per heavy atom. The quantitative estimate of drug-likeness (QED) is 0.672. The van der Waals surface area contributed by atoms with Crippen molar-refractivity contribution in [3.8, 4) is 11.1 Å². The summed E-state index contributed by atoms with van der Waals surface area (Å²) in [5.41, 5.74) is 3.38. The molecule has 1 N–H and O–H groups in total. The van der Waals surface area contributed by atoms with Crippen molar-refractivity contribution >= 4 is 23.1 Å². The number of hydrogen-bond donors (Lipinski definition) is 1. The molecule has 0 amide bonds. The molecule has 98 valence electrons. The number of aromatic nitrogens is 1. The van der Waals surface area contributed by atoms with Gasteiger partial charge in [-0.3, -0.25) is 0 Å². The Morgan fingerprint density at radius 3 is 2.10 bits per heavy atom. The third kappa shape index (κ3) is 2.98. The largest absolute Gasteiger partial charge is 0.340 e. The third-order valence-electron chi connectivity index (χ3n) is 2.98. The molecule has 2 aromatic carbocycles. The SMILES string of the molecule is Clc1cccc(Nc2ccc(-c3ccccc3)cc2)n1. The van der Waals surface area contributed by atoms with Crippen LogP contribution in [0.3, 0.4) is 0 Å². The number of pyridine rings is 1. The molecule has 0 saturated heterocycles. The number of nitrogens with one attached hydrogen (secondary N) is 1. The second kappa shape index (κ2) is 5.76. The molecule has 2 nitrogen and oxygen atoms in total. The van der Waals surface area contributed by atoms with Crippen LogP contribution >= 0.6 is 11.6 Å². The molecule has 1 heterocycles. The Bertz CT molecular complexity index is 694. The first-order valence-electron chi connectivity index (χ1n) is 6.36. The van der Waals surface area contributed by atoms with E-state index in [1.165, 1.54) is 11.1 Å². The molecule has 0 radical (unpaired) electrons. The van der Waals surface area contributed by atoms with Gasteiger partial charge in [0.2, 0.25) is 0 Å². The van der Waals surface area contributed by atoms with Crippen molar-refractivity contribution in [3.05, 3.63) is 77.9 Å². The summed E-state index contributed by atoms with van der Waals surface area (Å²) >= 11 is 5.87. The molecule has 0 fully saturated rings. The van der Waals surface area contributed by atoms with E-state index in [1.54, 1.807) is 6.07 Å². The van der Waals surface area contributed by atoms with Gasteiger partial charge in [0.15, 0.2) is 0 Å². The fourth-order valence-corrected chi connectivity index (χ4v) is 2.17. The number of hydrogen-bond acceptors (Lipinski definition) is 2. The lowest BCUT2D eigenvalue weighted by atomic mass is 10.1. The summed E-state index contributed by atoms with van der Waals surface area (Å²) in [6, 6.07) is 24.0. The van der Waals surface area contributed by atoms with Gasteiger partial charge in [0, 0.05) is 5.69 Å². The van der Waals surface area contributed by atoms with Crippen molar-refractivity contribution in [2.45, 2.75) is 0 Å². The van der Waals surface area contributed by atoms with E-state index in [-0.39, 0.29) is 0 Å². The van der Waals surface area contributed by atoms with Crippen LogP contribution in [0.15, 0.2) is 72.8 Å². The average Bonchev–Trinajstić information content (AvgIpc) is 2.49. The number of halogens is 1. The Hall–Kier alpha value is -2.32. The van der Waals surface area contributed by atoms with Gasteiger partial charge in [-0.2, -0.15) is 0 Å². The van der Waals surface area contributed by atoms with Gasteiger partial charge in [-0.25, -0.2) is 4.98 Å². The second-order valence-corrected chi connectivity index (χ2v) is 4.80. The van der Waals surface area contributed by atoms with Crippen molar-refractivity contribution in [3.63, 3.8) is 0 Å². The average molecular weight is 281 g/mol. The van der Waals surface area contributed by atoms with Crippen molar-refractivity contribution in [2.24, 2.45) is 0 Å². The highest BCUT2D eigenvalue weighted by Gasteiger charge is 1.99. The van der Waals surface area contributed by atoms with Crippen LogP contribution in [0.5, 0.6) is 0 Å². The first kappa shape index (κ1) is 12.7. The second-order valence-electron chi connectivity index (χ2n) is 4.41. The predicted molar refractivity (Wildman–Crippen MR) is 84.4 cm³/mol. The van der Waals surface area contributed by atoms with E-state index >= 15 is 0 Å². The van der Waals surface area contributed by atoms with Crippen LogP contribution in [0, 0.1) is 0 Å². The lowest BCUT2D eigenvalue weighted by Gasteiger charge is -2.07. The van der Waals surface area contributed by atoms with Crippen molar-refractivity contribution in [1.82, 2.24) is 4.98 Å². The molecule has 0 atom stereocenters. The Balaban J connectivity index is 1.80.